The van der Waals surface area contributed by atoms with E-state index in [1.54, 1.807) is 13.3 Å². The van der Waals surface area contributed by atoms with Crippen molar-refractivity contribution in [2.24, 2.45) is 0 Å². The molecule has 0 spiro atoms. The zero-order valence-electron chi connectivity index (χ0n) is 10.4. The van der Waals surface area contributed by atoms with Gasteiger partial charge in [0.05, 0.1) is 25.0 Å². The third-order valence-corrected chi connectivity index (χ3v) is 2.53. The molecule has 0 N–H and O–H groups in total. The highest BCUT2D eigenvalue weighted by atomic mass is 16.5. The van der Waals surface area contributed by atoms with Gasteiger partial charge >= 0.3 is 5.97 Å². The Kier molecular flexibility index (Phi) is 4.12. The first-order chi connectivity index (χ1) is 8.78. The van der Waals surface area contributed by atoms with Crippen molar-refractivity contribution in [2.45, 2.75) is 19.9 Å². The molecule has 0 atom stereocenters. The number of aromatic nitrogens is 2. The zero-order chi connectivity index (χ0) is 12.8. The maximum atomic E-state index is 11.3. The van der Waals surface area contributed by atoms with Crippen molar-refractivity contribution in [1.29, 1.82) is 0 Å². The van der Waals surface area contributed by atoms with Crippen LogP contribution in [0.3, 0.4) is 0 Å². The molecule has 0 saturated heterocycles. The molecule has 0 amide bonds. The van der Waals surface area contributed by atoms with E-state index in [9.17, 15) is 4.79 Å². The van der Waals surface area contributed by atoms with E-state index in [4.69, 9.17) is 4.74 Å². The first kappa shape index (κ1) is 12.4. The molecule has 0 aliphatic carbocycles. The first-order valence-electron chi connectivity index (χ1n) is 5.98. The molecule has 18 heavy (non-hydrogen) atoms. The first-order valence-corrected chi connectivity index (χ1v) is 5.98. The maximum Gasteiger partial charge on any atom is 0.311 e. The van der Waals surface area contributed by atoms with Crippen molar-refractivity contribution in [2.75, 3.05) is 6.61 Å². The van der Waals surface area contributed by atoms with Gasteiger partial charge in [-0.15, -0.1) is 0 Å². The summed E-state index contributed by atoms with van der Waals surface area (Å²) in [5, 5.41) is 0. The van der Waals surface area contributed by atoms with Crippen LogP contribution in [0.5, 0.6) is 0 Å². The Morgan fingerprint density at radius 2 is 2.11 bits per heavy atom. The smallest absolute Gasteiger partial charge is 0.311 e. The summed E-state index contributed by atoms with van der Waals surface area (Å²) >= 11 is 0. The minimum Gasteiger partial charge on any atom is -0.466 e. The van der Waals surface area contributed by atoms with E-state index >= 15 is 0 Å². The number of rotatable bonds is 5. The normalized spacial score (nSPS) is 10.3. The van der Waals surface area contributed by atoms with E-state index in [1.165, 1.54) is 5.56 Å². The van der Waals surface area contributed by atoms with Crippen molar-refractivity contribution in [3.8, 4) is 0 Å². The molecule has 94 valence electrons. The molecule has 4 nitrogen and oxygen atoms in total. The summed E-state index contributed by atoms with van der Waals surface area (Å²) < 4.78 is 6.85. The fourth-order valence-electron chi connectivity index (χ4n) is 1.74. The van der Waals surface area contributed by atoms with Gasteiger partial charge in [0.2, 0.25) is 0 Å². The average Bonchev–Trinajstić information content (AvgIpc) is 2.78. The minimum absolute atomic E-state index is 0.232. The lowest BCUT2D eigenvalue weighted by Crippen LogP contribution is -2.07. The van der Waals surface area contributed by atoms with E-state index in [1.807, 2.05) is 29.0 Å². The minimum atomic E-state index is -0.234. The van der Waals surface area contributed by atoms with Gasteiger partial charge in [-0.2, -0.15) is 0 Å². The van der Waals surface area contributed by atoms with Crippen molar-refractivity contribution in [3.05, 3.63) is 54.1 Å². The second-order valence-corrected chi connectivity index (χ2v) is 4.00. The van der Waals surface area contributed by atoms with Crippen LogP contribution in [0, 0.1) is 0 Å². The van der Waals surface area contributed by atoms with Crippen LogP contribution in [0.15, 0.2) is 42.9 Å². The highest BCUT2D eigenvalue weighted by molar-refractivity contribution is 5.71. The van der Waals surface area contributed by atoms with Crippen molar-refractivity contribution < 1.29 is 9.53 Å². The van der Waals surface area contributed by atoms with Gasteiger partial charge in [0.15, 0.2) is 0 Å². The van der Waals surface area contributed by atoms with E-state index in [-0.39, 0.29) is 12.4 Å². The summed E-state index contributed by atoms with van der Waals surface area (Å²) in [4.78, 5) is 15.5. The van der Waals surface area contributed by atoms with Crippen molar-refractivity contribution >= 4 is 5.97 Å². The van der Waals surface area contributed by atoms with Crippen LogP contribution >= 0.6 is 0 Å². The third kappa shape index (κ3) is 3.45. The topological polar surface area (TPSA) is 44.1 Å². The lowest BCUT2D eigenvalue weighted by molar-refractivity contribution is -0.142. The highest BCUT2D eigenvalue weighted by Gasteiger charge is 2.06. The zero-order valence-corrected chi connectivity index (χ0v) is 10.4. The van der Waals surface area contributed by atoms with Gasteiger partial charge in [0.25, 0.3) is 0 Å². The third-order valence-electron chi connectivity index (χ3n) is 2.53. The Morgan fingerprint density at radius 1 is 1.33 bits per heavy atom. The van der Waals surface area contributed by atoms with Crippen LogP contribution in [-0.2, 0) is 22.5 Å². The van der Waals surface area contributed by atoms with Gasteiger partial charge in [-0.1, -0.05) is 30.3 Å². The summed E-state index contributed by atoms with van der Waals surface area (Å²) in [5.74, 6) is -0.234. The number of carbonyl (C=O) groups is 1. The van der Waals surface area contributed by atoms with E-state index in [0.29, 0.717) is 6.61 Å². The number of hydrogen-bond acceptors (Lipinski definition) is 3. The molecular formula is C14H16N2O2. The second kappa shape index (κ2) is 6.00. The van der Waals surface area contributed by atoms with E-state index < -0.39 is 0 Å². The molecule has 2 aromatic rings. The Balaban J connectivity index is 1.96. The molecule has 2 rings (SSSR count). The second-order valence-electron chi connectivity index (χ2n) is 4.00. The number of esters is 1. The number of hydrogen-bond donors (Lipinski definition) is 0. The van der Waals surface area contributed by atoms with Crippen LogP contribution < -0.4 is 0 Å². The van der Waals surface area contributed by atoms with Crippen LogP contribution in [0.4, 0.5) is 0 Å². The van der Waals surface area contributed by atoms with Gasteiger partial charge in [-0.25, -0.2) is 4.98 Å². The van der Waals surface area contributed by atoms with Crippen LogP contribution in [-0.4, -0.2) is 22.1 Å². The molecule has 0 radical (unpaired) electrons. The van der Waals surface area contributed by atoms with Gasteiger partial charge in [0, 0.05) is 12.7 Å². The van der Waals surface area contributed by atoms with E-state index in [2.05, 4.69) is 17.1 Å². The molecule has 0 aliphatic heterocycles. The van der Waals surface area contributed by atoms with Gasteiger partial charge in [-0.3, -0.25) is 4.79 Å². The Hall–Kier alpha value is -2.10. The number of ether oxygens (including phenoxy) is 1. The SMILES string of the molecule is CCOC(=O)Cc1cn(Cc2ccccc2)cn1. The highest BCUT2D eigenvalue weighted by Crippen LogP contribution is 2.04. The summed E-state index contributed by atoms with van der Waals surface area (Å²) in [6.07, 6.45) is 3.85. The molecule has 1 heterocycles. The molecule has 0 saturated carbocycles. The van der Waals surface area contributed by atoms with Gasteiger partial charge in [-0.05, 0) is 12.5 Å². The molecule has 0 bridgehead atoms. The van der Waals surface area contributed by atoms with E-state index in [0.717, 1.165) is 12.2 Å². The lowest BCUT2D eigenvalue weighted by Gasteiger charge is -2.01. The molecular weight excluding hydrogens is 228 g/mol. The van der Waals surface area contributed by atoms with Crippen LogP contribution in [0.25, 0.3) is 0 Å². The Morgan fingerprint density at radius 3 is 2.83 bits per heavy atom. The number of imidazole rings is 1. The predicted molar refractivity (Wildman–Crippen MR) is 68.1 cm³/mol. The fourth-order valence-corrected chi connectivity index (χ4v) is 1.74. The Labute approximate surface area is 106 Å². The maximum absolute atomic E-state index is 11.3. The molecule has 0 fully saturated rings. The van der Waals surface area contributed by atoms with Gasteiger partial charge in [0.1, 0.15) is 0 Å². The lowest BCUT2D eigenvalue weighted by atomic mass is 10.2. The largest absolute Gasteiger partial charge is 0.466 e. The summed E-state index contributed by atoms with van der Waals surface area (Å²) in [5.41, 5.74) is 1.95. The summed E-state index contributed by atoms with van der Waals surface area (Å²) in [7, 11) is 0. The fraction of sp³-hybridized carbons (Fsp3) is 0.286. The predicted octanol–water partition coefficient (Wildman–Crippen LogP) is 2.04. The van der Waals surface area contributed by atoms with Crippen molar-refractivity contribution in [1.82, 2.24) is 9.55 Å². The summed E-state index contributed by atoms with van der Waals surface area (Å²) in [6.45, 7) is 2.96. The molecule has 1 aromatic heterocycles. The number of carbonyl (C=O) groups excluding carboxylic acids is 1. The molecule has 1 aromatic carbocycles. The van der Waals surface area contributed by atoms with Gasteiger partial charge < -0.3 is 9.30 Å². The summed E-state index contributed by atoms with van der Waals surface area (Å²) in [6, 6.07) is 10.1. The average molecular weight is 244 g/mol. The number of benzene rings is 1. The van der Waals surface area contributed by atoms with Crippen LogP contribution in [0.2, 0.25) is 0 Å². The molecule has 0 aliphatic rings. The standard InChI is InChI=1S/C14H16N2O2/c1-2-18-14(17)8-13-10-16(11-15-13)9-12-6-4-3-5-7-12/h3-7,10-11H,2,8-9H2,1H3. The monoisotopic (exact) mass is 244 g/mol. The molecule has 4 heteroatoms. The van der Waals surface area contributed by atoms with Crippen LogP contribution in [0.1, 0.15) is 18.2 Å². The van der Waals surface area contributed by atoms with Crippen molar-refractivity contribution in [3.63, 3.8) is 0 Å². The molecule has 0 unspecified atom stereocenters. The number of nitrogens with zero attached hydrogens (tertiary/aromatic N) is 2. The quantitative estimate of drug-likeness (QED) is 0.756. The Bertz CT molecular complexity index is 506.